The molecule has 2 aromatic rings. The highest BCUT2D eigenvalue weighted by Crippen LogP contribution is 2.23. The Bertz CT molecular complexity index is 448. The third-order valence-electron chi connectivity index (χ3n) is 2.50. The van der Waals surface area contributed by atoms with Crippen LogP contribution in [0.1, 0.15) is 6.92 Å². The number of fused-ring (bicyclic) bond motifs is 1. The van der Waals surface area contributed by atoms with Gasteiger partial charge in [0.05, 0.1) is 0 Å². The van der Waals surface area contributed by atoms with Crippen LogP contribution >= 0.6 is 0 Å². The van der Waals surface area contributed by atoms with Crippen molar-refractivity contribution in [3.63, 3.8) is 0 Å². The van der Waals surface area contributed by atoms with Gasteiger partial charge in [-0.3, -0.25) is 0 Å². The summed E-state index contributed by atoms with van der Waals surface area (Å²) in [5.41, 5.74) is 1.11. The number of hydrogen-bond donors (Lipinski definition) is 1. The van der Waals surface area contributed by atoms with E-state index in [1.165, 1.54) is 10.8 Å². The second kappa shape index (κ2) is 4.32. The molecule has 78 valence electrons. The molecule has 0 fully saturated rings. The van der Waals surface area contributed by atoms with Crippen molar-refractivity contribution >= 4 is 16.5 Å². The maximum atomic E-state index is 5.19. The molecule has 1 unspecified atom stereocenters. The molecule has 0 aromatic heterocycles. The highest BCUT2D eigenvalue weighted by molar-refractivity contribution is 5.93. The lowest BCUT2D eigenvalue weighted by Crippen LogP contribution is -2.16. The first-order valence-electron chi connectivity index (χ1n) is 5.08. The molecule has 1 N–H and O–H groups in total. The van der Waals surface area contributed by atoms with Crippen LogP contribution in [0.4, 0.5) is 5.69 Å². The summed E-state index contributed by atoms with van der Waals surface area (Å²) in [6.07, 6.45) is 0.0239. The van der Waals surface area contributed by atoms with Crippen LogP contribution in [-0.2, 0) is 4.74 Å². The van der Waals surface area contributed by atoms with Crippen LogP contribution in [0.25, 0.3) is 10.8 Å². The molecule has 0 aliphatic heterocycles. The lowest BCUT2D eigenvalue weighted by Gasteiger charge is -2.15. The van der Waals surface area contributed by atoms with Gasteiger partial charge in [-0.1, -0.05) is 36.4 Å². The zero-order valence-electron chi connectivity index (χ0n) is 9.03. The second-order valence-electron chi connectivity index (χ2n) is 3.55. The van der Waals surface area contributed by atoms with Crippen molar-refractivity contribution in [3.05, 3.63) is 42.5 Å². The van der Waals surface area contributed by atoms with E-state index in [0.29, 0.717) is 0 Å². The molecule has 1 atom stereocenters. The molecule has 0 heterocycles. The van der Waals surface area contributed by atoms with E-state index in [0.717, 1.165) is 5.69 Å². The Labute approximate surface area is 89.9 Å². The molecule has 15 heavy (non-hydrogen) atoms. The fourth-order valence-electron chi connectivity index (χ4n) is 1.63. The number of methoxy groups -OCH3 is 1. The van der Waals surface area contributed by atoms with E-state index >= 15 is 0 Å². The van der Waals surface area contributed by atoms with E-state index < -0.39 is 0 Å². The summed E-state index contributed by atoms with van der Waals surface area (Å²) >= 11 is 0. The first kappa shape index (κ1) is 9.99. The highest BCUT2D eigenvalue weighted by atomic mass is 16.5. The minimum absolute atomic E-state index is 0.0239. The molecule has 0 aliphatic carbocycles. The molecular formula is C13H15NO. The van der Waals surface area contributed by atoms with Gasteiger partial charge in [0.15, 0.2) is 0 Å². The Morgan fingerprint density at radius 1 is 1.07 bits per heavy atom. The molecule has 0 spiro atoms. The molecule has 0 saturated carbocycles. The van der Waals surface area contributed by atoms with E-state index in [9.17, 15) is 0 Å². The minimum atomic E-state index is 0.0239. The summed E-state index contributed by atoms with van der Waals surface area (Å²) in [5.74, 6) is 0. The van der Waals surface area contributed by atoms with E-state index in [1.54, 1.807) is 7.11 Å². The van der Waals surface area contributed by atoms with Crippen molar-refractivity contribution in [1.29, 1.82) is 0 Å². The van der Waals surface area contributed by atoms with Crippen molar-refractivity contribution in [3.8, 4) is 0 Å². The fourth-order valence-corrected chi connectivity index (χ4v) is 1.63. The summed E-state index contributed by atoms with van der Waals surface area (Å²) in [4.78, 5) is 0. The van der Waals surface area contributed by atoms with Crippen molar-refractivity contribution in [2.24, 2.45) is 0 Å². The molecular weight excluding hydrogens is 186 g/mol. The van der Waals surface area contributed by atoms with E-state index in [4.69, 9.17) is 4.74 Å². The Morgan fingerprint density at radius 3 is 2.60 bits per heavy atom. The summed E-state index contributed by atoms with van der Waals surface area (Å²) in [7, 11) is 1.70. The topological polar surface area (TPSA) is 21.3 Å². The quantitative estimate of drug-likeness (QED) is 0.770. The second-order valence-corrected chi connectivity index (χ2v) is 3.55. The first-order valence-corrected chi connectivity index (χ1v) is 5.08. The van der Waals surface area contributed by atoms with Crippen LogP contribution in [0.15, 0.2) is 42.5 Å². The third kappa shape index (κ3) is 2.10. The minimum Gasteiger partial charge on any atom is -0.362 e. The number of hydrogen-bond acceptors (Lipinski definition) is 2. The van der Waals surface area contributed by atoms with Crippen molar-refractivity contribution < 1.29 is 4.74 Å². The Balaban J connectivity index is 2.42. The van der Waals surface area contributed by atoms with Gasteiger partial charge in [0.1, 0.15) is 6.23 Å². The van der Waals surface area contributed by atoms with Gasteiger partial charge < -0.3 is 10.1 Å². The molecule has 0 radical (unpaired) electrons. The normalized spacial score (nSPS) is 12.7. The number of rotatable bonds is 3. The SMILES string of the molecule is COC(C)Nc1cccc2ccccc12. The number of anilines is 1. The number of nitrogens with one attached hydrogen (secondary N) is 1. The van der Waals surface area contributed by atoms with Gasteiger partial charge in [-0.2, -0.15) is 0 Å². The maximum absolute atomic E-state index is 5.19. The van der Waals surface area contributed by atoms with Crippen LogP contribution in [-0.4, -0.2) is 13.3 Å². The van der Waals surface area contributed by atoms with Gasteiger partial charge in [0.25, 0.3) is 0 Å². The third-order valence-corrected chi connectivity index (χ3v) is 2.50. The van der Waals surface area contributed by atoms with E-state index in [-0.39, 0.29) is 6.23 Å². The predicted molar refractivity (Wildman–Crippen MR) is 64.0 cm³/mol. The predicted octanol–water partition coefficient (Wildman–Crippen LogP) is 3.24. The van der Waals surface area contributed by atoms with Gasteiger partial charge in [0, 0.05) is 18.2 Å². The summed E-state index contributed by atoms with van der Waals surface area (Å²) in [6, 6.07) is 14.5. The van der Waals surface area contributed by atoms with Crippen LogP contribution in [0.3, 0.4) is 0 Å². The Hall–Kier alpha value is -1.54. The smallest absolute Gasteiger partial charge is 0.124 e. The van der Waals surface area contributed by atoms with Crippen LogP contribution in [0.5, 0.6) is 0 Å². The summed E-state index contributed by atoms with van der Waals surface area (Å²) in [6.45, 7) is 1.99. The lowest BCUT2D eigenvalue weighted by atomic mass is 10.1. The molecule has 0 aliphatic rings. The van der Waals surface area contributed by atoms with Gasteiger partial charge >= 0.3 is 0 Å². The van der Waals surface area contributed by atoms with Crippen LogP contribution in [0, 0.1) is 0 Å². The zero-order valence-corrected chi connectivity index (χ0v) is 9.03. The average Bonchev–Trinajstić information content (AvgIpc) is 2.29. The zero-order chi connectivity index (χ0) is 10.7. The molecule has 0 bridgehead atoms. The van der Waals surface area contributed by atoms with Crippen molar-refractivity contribution in [1.82, 2.24) is 0 Å². The summed E-state index contributed by atoms with van der Waals surface area (Å²) in [5, 5.41) is 5.78. The van der Waals surface area contributed by atoms with Gasteiger partial charge in [-0.15, -0.1) is 0 Å². The maximum Gasteiger partial charge on any atom is 0.124 e. The molecule has 2 aromatic carbocycles. The first-order chi connectivity index (χ1) is 7.31. The molecule has 2 nitrogen and oxygen atoms in total. The Morgan fingerprint density at radius 2 is 1.80 bits per heavy atom. The van der Waals surface area contributed by atoms with E-state index in [1.807, 2.05) is 25.1 Å². The summed E-state index contributed by atoms with van der Waals surface area (Å²) < 4.78 is 5.19. The number of ether oxygens (including phenoxy) is 1. The van der Waals surface area contributed by atoms with Gasteiger partial charge in [-0.25, -0.2) is 0 Å². The monoisotopic (exact) mass is 201 g/mol. The standard InChI is InChI=1S/C13H15NO/c1-10(15-2)14-13-9-5-7-11-6-3-4-8-12(11)13/h3-10,14H,1-2H3. The highest BCUT2D eigenvalue weighted by Gasteiger charge is 2.02. The lowest BCUT2D eigenvalue weighted by molar-refractivity contribution is 0.141. The van der Waals surface area contributed by atoms with E-state index in [2.05, 4.69) is 29.6 Å². The van der Waals surface area contributed by atoms with Gasteiger partial charge in [0.2, 0.25) is 0 Å². The van der Waals surface area contributed by atoms with Crippen molar-refractivity contribution in [2.75, 3.05) is 12.4 Å². The number of benzene rings is 2. The molecule has 0 amide bonds. The van der Waals surface area contributed by atoms with Crippen LogP contribution < -0.4 is 5.32 Å². The molecule has 0 saturated heterocycles. The van der Waals surface area contributed by atoms with Gasteiger partial charge in [-0.05, 0) is 18.4 Å². The fraction of sp³-hybridized carbons (Fsp3) is 0.231. The molecule has 2 rings (SSSR count). The van der Waals surface area contributed by atoms with Crippen molar-refractivity contribution in [2.45, 2.75) is 13.2 Å². The largest absolute Gasteiger partial charge is 0.362 e. The average molecular weight is 201 g/mol. The van der Waals surface area contributed by atoms with Crippen LogP contribution in [0.2, 0.25) is 0 Å². The molecule has 2 heteroatoms. The Kier molecular flexibility index (Phi) is 2.88.